The highest BCUT2D eigenvalue weighted by Crippen LogP contribution is 2.24. The minimum Gasteiger partial charge on any atom is -0.302 e. The quantitative estimate of drug-likeness (QED) is 0.386. The van der Waals surface area contributed by atoms with Gasteiger partial charge in [-0.3, -0.25) is 9.59 Å². The second-order valence-corrected chi connectivity index (χ2v) is 9.37. The van der Waals surface area contributed by atoms with Crippen LogP contribution in [0.4, 0.5) is 0 Å². The molecular formula is C29H27N3O2. The molecule has 0 radical (unpaired) electrons. The van der Waals surface area contributed by atoms with Crippen LogP contribution in [0.1, 0.15) is 52.0 Å². The Balaban J connectivity index is 1.59. The maximum atomic E-state index is 13.0. The third kappa shape index (κ3) is 4.67. The first-order valence-corrected chi connectivity index (χ1v) is 11.3. The van der Waals surface area contributed by atoms with Crippen molar-refractivity contribution in [1.82, 2.24) is 9.55 Å². The number of aromatic nitrogens is 2. The number of fused-ring (bicyclic) bond motifs is 1. The molecule has 0 saturated heterocycles. The molecule has 4 rings (SSSR count). The summed E-state index contributed by atoms with van der Waals surface area (Å²) in [5.74, 6) is 0.0191. The number of ketones is 1. The molecular weight excluding hydrogens is 422 g/mol. The molecule has 0 N–H and O–H groups in total. The molecule has 0 atom stereocenters. The van der Waals surface area contributed by atoms with Gasteiger partial charge in [0.1, 0.15) is 0 Å². The molecule has 170 valence electrons. The Hall–Kier alpha value is -4.04. The van der Waals surface area contributed by atoms with Crippen molar-refractivity contribution in [1.29, 1.82) is 5.26 Å². The van der Waals surface area contributed by atoms with Gasteiger partial charge in [0.2, 0.25) is 0 Å². The van der Waals surface area contributed by atoms with Gasteiger partial charge in [-0.1, -0.05) is 42.5 Å². The number of nitriles is 1. The Morgan fingerprint density at radius 1 is 1.06 bits per heavy atom. The number of benzene rings is 3. The van der Waals surface area contributed by atoms with E-state index >= 15 is 0 Å². The van der Waals surface area contributed by atoms with Crippen molar-refractivity contribution in [2.75, 3.05) is 0 Å². The van der Waals surface area contributed by atoms with E-state index in [1.54, 1.807) is 13.1 Å². The van der Waals surface area contributed by atoms with Gasteiger partial charge in [0.25, 0.3) is 5.56 Å². The molecule has 0 bridgehead atoms. The molecule has 4 aromatic rings. The van der Waals surface area contributed by atoms with Crippen LogP contribution in [0.5, 0.6) is 0 Å². The van der Waals surface area contributed by atoms with Crippen LogP contribution in [-0.2, 0) is 25.3 Å². The highest BCUT2D eigenvalue weighted by molar-refractivity contribution is 5.97. The molecule has 0 amide bonds. The fourth-order valence-corrected chi connectivity index (χ4v) is 4.05. The topological polar surface area (TPSA) is 75.8 Å². The summed E-state index contributed by atoms with van der Waals surface area (Å²) in [6.45, 7) is 5.75. The van der Waals surface area contributed by atoms with E-state index in [0.29, 0.717) is 22.9 Å². The first-order chi connectivity index (χ1) is 16.2. The van der Waals surface area contributed by atoms with Gasteiger partial charge >= 0.3 is 0 Å². The summed E-state index contributed by atoms with van der Waals surface area (Å²) in [6.07, 6.45) is 2.48. The van der Waals surface area contributed by atoms with Crippen molar-refractivity contribution in [3.05, 3.63) is 111 Å². The van der Waals surface area contributed by atoms with Gasteiger partial charge in [0.15, 0.2) is 5.78 Å². The molecule has 3 aromatic carbocycles. The maximum absolute atomic E-state index is 13.0. The van der Waals surface area contributed by atoms with E-state index in [0.717, 1.165) is 27.8 Å². The molecule has 0 aliphatic heterocycles. The summed E-state index contributed by atoms with van der Waals surface area (Å²) in [4.78, 5) is 29.8. The van der Waals surface area contributed by atoms with Crippen LogP contribution in [0.2, 0.25) is 0 Å². The highest BCUT2D eigenvalue weighted by Gasteiger charge is 2.21. The normalized spacial score (nSPS) is 11.4. The van der Waals surface area contributed by atoms with Crippen molar-refractivity contribution < 1.29 is 4.79 Å². The van der Waals surface area contributed by atoms with E-state index in [4.69, 9.17) is 0 Å². The van der Waals surface area contributed by atoms with Crippen molar-refractivity contribution in [3.8, 4) is 6.07 Å². The number of aryl methyl sites for hydroxylation is 2. The first kappa shape index (κ1) is 23.1. The van der Waals surface area contributed by atoms with Crippen LogP contribution in [-0.4, -0.2) is 15.3 Å². The highest BCUT2D eigenvalue weighted by atomic mass is 16.1. The molecule has 5 heteroatoms. The zero-order valence-electron chi connectivity index (χ0n) is 19.9. The smallest absolute Gasteiger partial charge is 0.260 e. The van der Waals surface area contributed by atoms with Crippen molar-refractivity contribution in [3.63, 3.8) is 0 Å². The lowest BCUT2D eigenvalue weighted by Gasteiger charge is -2.16. The van der Waals surface area contributed by atoms with Crippen LogP contribution in [0, 0.1) is 18.3 Å². The van der Waals surface area contributed by atoms with Gasteiger partial charge in [0, 0.05) is 19.0 Å². The van der Waals surface area contributed by atoms with E-state index in [1.807, 2.05) is 62.4 Å². The standard InChI is InChI=1S/C29H27N3O2/c1-19-8-9-21(15-27(33)22-6-5-7-24(16-22)29(2,3)17-30)13-23(19)12-20-10-11-26-25(14-20)28(34)32(4)18-31-26/h5-11,13-14,16,18H,12,15H2,1-4H3. The molecule has 5 nitrogen and oxygen atoms in total. The molecule has 0 spiro atoms. The fraction of sp³-hybridized carbons (Fsp3) is 0.241. The Labute approximate surface area is 199 Å². The van der Waals surface area contributed by atoms with Gasteiger partial charge in [-0.05, 0) is 73.2 Å². The van der Waals surface area contributed by atoms with Crippen LogP contribution in [0.3, 0.4) is 0 Å². The lowest BCUT2D eigenvalue weighted by molar-refractivity contribution is 0.0993. The zero-order chi connectivity index (χ0) is 24.5. The maximum Gasteiger partial charge on any atom is 0.260 e. The van der Waals surface area contributed by atoms with Gasteiger partial charge in [-0.25, -0.2) is 4.98 Å². The van der Waals surface area contributed by atoms with E-state index < -0.39 is 5.41 Å². The second kappa shape index (κ2) is 9.07. The van der Waals surface area contributed by atoms with Gasteiger partial charge in [-0.15, -0.1) is 0 Å². The lowest BCUT2D eigenvalue weighted by atomic mass is 9.85. The summed E-state index contributed by atoms with van der Waals surface area (Å²) in [5, 5.41) is 10.0. The predicted molar refractivity (Wildman–Crippen MR) is 134 cm³/mol. The zero-order valence-corrected chi connectivity index (χ0v) is 19.9. The molecule has 1 aromatic heterocycles. The summed E-state index contributed by atoms with van der Waals surface area (Å²) in [6, 6.07) is 21.5. The number of hydrogen-bond donors (Lipinski definition) is 0. The molecule has 34 heavy (non-hydrogen) atoms. The lowest BCUT2D eigenvalue weighted by Crippen LogP contribution is -2.17. The van der Waals surface area contributed by atoms with Gasteiger partial charge in [0.05, 0.1) is 28.7 Å². The first-order valence-electron chi connectivity index (χ1n) is 11.3. The number of Topliss-reactive ketones (excluding diaryl/α,β-unsaturated/α-hetero) is 1. The SMILES string of the molecule is Cc1ccc(CC(=O)c2cccc(C(C)(C)C#N)c2)cc1Cc1ccc2ncn(C)c(=O)c2c1. The Morgan fingerprint density at radius 2 is 1.82 bits per heavy atom. The van der Waals surface area contributed by atoms with Crippen molar-refractivity contribution >= 4 is 16.7 Å². The largest absolute Gasteiger partial charge is 0.302 e. The number of rotatable bonds is 6. The van der Waals surface area contributed by atoms with E-state index in [-0.39, 0.29) is 17.8 Å². The number of nitrogens with zero attached hydrogens (tertiary/aromatic N) is 3. The average Bonchev–Trinajstić information content (AvgIpc) is 2.84. The molecule has 0 saturated carbocycles. The summed E-state index contributed by atoms with van der Waals surface area (Å²) < 4.78 is 1.48. The van der Waals surface area contributed by atoms with E-state index in [9.17, 15) is 14.9 Å². The molecule has 0 fully saturated rings. The second-order valence-electron chi connectivity index (χ2n) is 9.37. The van der Waals surface area contributed by atoms with Crippen LogP contribution in [0.25, 0.3) is 10.9 Å². The molecule has 0 aliphatic carbocycles. The number of carbonyl (C=O) groups is 1. The Kier molecular flexibility index (Phi) is 6.17. The van der Waals surface area contributed by atoms with Crippen molar-refractivity contribution in [2.24, 2.45) is 7.05 Å². The monoisotopic (exact) mass is 449 g/mol. The third-order valence-electron chi connectivity index (χ3n) is 6.34. The molecule has 0 aliphatic rings. The van der Waals surface area contributed by atoms with Gasteiger partial charge in [-0.2, -0.15) is 5.26 Å². The minimum atomic E-state index is -0.649. The van der Waals surface area contributed by atoms with Crippen molar-refractivity contribution in [2.45, 2.75) is 39.0 Å². The van der Waals surface area contributed by atoms with Crippen LogP contribution < -0.4 is 5.56 Å². The van der Waals surface area contributed by atoms with E-state index in [2.05, 4.69) is 24.0 Å². The summed E-state index contributed by atoms with van der Waals surface area (Å²) in [7, 11) is 1.70. The number of carbonyl (C=O) groups excluding carboxylic acids is 1. The molecule has 1 heterocycles. The van der Waals surface area contributed by atoms with Gasteiger partial charge < -0.3 is 4.57 Å². The van der Waals surface area contributed by atoms with E-state index in [1.165, 1.54) is 10.9 Å². The Morgan fingerprint density at radius 3 is 2.59 bits per heavy atom. The summed E-state index contributed by atoms with van der Waals surface area (Å²) in [5.41, 5.74) is 5.63. The van der Waals surface area contributed by atoms with Crippen LogP contribution in [0.15, 0.2) is 71.8 Å². The minimum absolute atomic E-state index is 0.0191. The fourth-order valence-electron chi connectivity index (χ4n) is 4.05. The number of hydrogen-bond acceptors (Lipinski definition) is 4. The average molecular weight is 450 g/mol. The predicted octanol–water partition coefficient (Wildman–Crippen LogP) is 5.06. The third-order valence-corrected chi connectivity index (χ3v) is 6.34. The molecule has 0 unspecified atom stereocenters. The summed E-state index contributed by atoms with van der Waals surface area (Å²) >= 11 is 0. The van der Waals surface area contributed by atoms with Crippen LogP contribution >= 0.6 is 0 Å². The Bertz CT molecular complexity index is 1510.